The van der Waals surface area contributed by atoms with Crippen LogP contribution < -0.4 is 0 Å². The third-order valence-corrected chi connectivity index (χ3v) is 2.63. The average Bonchev–Trinajstić information content (AvgIpc) is 2.28. The summed E-state index contributed by atoms with van der Waals surface area (Å²) in [6.07, 6.45) is 0.985. The predicted molar refractivity (Wildman–Crippen MR) is 59.2 cm³/mol. The van der Waals surface area contributed by atoms with Crippen LogP contribution in [0.25, 0.3) is 5.57 Å². The minimum Gasteiger partial charge on any atom is -0.478 e. The largest absolute Gasteiger partial charge is 0.478 e. The number of carboxylic acids is 1. The zero-order valence-electron chi connectivity index (χ0n) is 8.85. The van der Waals surface area contributed by atoms with E-state index in [1.54, 1.807) is 6.92 Å². The van der Waals surface area contributed by atoms with Crippen molar-refractivity contribution in [3.05, 3.63) is 41.5 Å². The molecule has 1 aromatic carbocycles. The Labute approximate surface area is 98.0 Å². The van der Waals surface area contributed by atoms with Crippen molar-refractivity contribution in [1.29, 1.82) is 0 Å². The number of benzene rings is 1. The summed E-state index contributed by atoms with van der Waals surface area (Å²) < 4.78 is 36.2. The maximum Gasteiger partial charge on any atom is 0.350 e. The second-order valence-electron chi connectivity index (χ2n) is 3.38. The lowest BCUT2D eigenvalue weighted by atomic mass is 10.1. The van der Waals surface area contributed by atoms with Gasteiger partial charge in [0.05, 0.1) is 0 Å². The molecule has 1 aromatic rings. The van der Waals surface area contributed by atoms with Gasteiger partial charge in [-0.15, -0.1) is 0 Å². The molecule has 0 saturated carbocycles. The second kappa shape index (κ2) is 5.15. The molecule has 1 N–H and O–H groups in total. The molecule has 1 rings (SSSR count). The third kappa shape index (κ3) is 3.43. The lowest BCUT2D eigenvalue weighted by Crippen LogP contribution is -2.03. The summed E-state index contributed by atoms with van der Waals surface area (Å²) in [5.74, 6) is -1.10. The molecule has 0 radical (unpaired) electrons. The number of halogens is 2. The Morgan fingerprint density at radius 3 is 2.29 bits per heavy atom. The van der Waals surface area contributed by atoms with Gasteiger partial charge in [-0.25, -0.2) is 4.79 Å². The van der Waals surface area contributed by atoms with Crippen LogP contribution in [0.15, 0.2) is 30.3 Å². The van der Waals surface area contributed by atoms with Crippen molar-refractivity contribution in [3.63, 3.8) is 0 Å². The molecule has 17 heavy (non-hydrogen) atoms. The van der Waals surface area contributed by atoms with Gasteiger partial charge in [-0.1, -0.05) is 24.3 Å². The van der Waals surface area contributed by atoms with E-state index in [9.17, 15) is 18.1 Å². The van der Waals surface area contributed by atoms with Gasteiger partial charge in [0.15, 0.2) is 0 Å². The summed E-state index contributed by atoms with van der Waals surface area (Å²) in [5.41, 5.74) is -2.81. The first kappa shape index (κ1) is 13.5. The van der Waals surface area contributed by atoms with Crippen LogP contribution in [-0.4, -0.2) is 11.1 Å². The van der Waals surface area contributed by atoms with E-state index >= 15 is 0 Å². The molecule has 3 nitrogen and oxygen atoms in total. The van der Waals surface area contributed by atoms with E-state index in [2.05, 4.69) is 0 Å². The molecule has 0 aliphatic rings. The highest BCUT2D eigenvalue weighted by molar-refractivity contribution is 7.24. The summed E-state index contributed by atoms with van der Waals surface area (Å²) in [6, 6.07) is 4.98. The zero-order chi connectivity index (χ0) is 13.1. The first-order valence-corrected chi connectivity index (χ1v) is 5.42. The van der Waals surface area contributed by atoms with E-state index < -0.39 is 20.1 Å². The molecule has 0 spiro atoms. The van der Waals surface area contributed by atoms with Crippen LogP contribution in [-0.2, 0) is 15.0 Å². The lowest BCUT2D eigenvalue weighted by molar-refractivity contribution is -0.131. The van der Waals surface area contributed by atoms with E-state index in [1.165, 1.54) is 12.1 Å². The number of carbonyl (C=O) groups is 1. The highest BCUT2D eigenvalue weighted by Crippen LogP contribution is 2.38. The molecule has 90 valence electrons. The second-order valence-corrected chi connectivity index (χ2v) is 4.12. The standard InChI is InChI=1S/C11H9F2O3P/c1-7(6-10(14)15)8-2-4-9(5-3-8)11(12,13)17-16/h2-6H,1H3,(H,14,15). The Morgan fingerprint density at radius 2 is 1.88 bits per heavy atom. The smallest absolute Gasteiger partial charge is 0.350 e. The molecule has 0 aromatic heterocycles. The van der Waals surface area contributed by atoms with Crippen LogP contribution >= 0.6 is 8.46 Å². The minimum absolute atomic E-state index is 0.374. The Hall–Kier alpha value is -1.61. The van der Waals surface area contributed by atoms with Crippen LogP contribution in [0.2, 0.25) is 0 Å². The van der Waals surface area contributed by atoms with Gasteiger partial charge in [0.25, 0.3) is 0 Å². The Morgan fingerprint density at radius 1 is 1.35 bits per heavy atom. The first-order chi connectivity index (χ1) is 7.86. The van der Waals surface area contributed by atoms with E-state index in [1.807, 2.05) is 0 Å². The number of rotatable bonds is 4. The molecule has 0 heterocycles. The SMILES string of the molecule is CC(=CC(=O)O)c1ccc(C(F)(F)P=O)cc1. The number of allylic oxidation sites excluding steroid dienone is 1. The van der Waals surface area contributed by atoms with Crippen LogP contribution in [0.3, 0.4) is 0 Å². The van der Waals surface area contributed by atoms with Gasteiger partial charge < -0.3 is 5.11 Å². The molecule has 0 atom stereocenters. The monoisotopic (exact) mass is 258 g/mol. The fourth-order valence-electron chi connectivity index (χ4n) is 1.25. The van der Waals surface area contributed by atoms with Crippen molar-refractivity contribution in [3.8, 4) is 0 Å². The topological polar surface area (TPSA) is 54.4 Å². The average molecular weight is 258 g/mol. The zero-order valence-corrected chi connectivity index (χ0v) is 9.75. The van der Waals surface area contributed by atoms with Gasteiger partial charge in [-0.3, -0.25) is 4.57 Å². The number of carboxylic acid groups (broad SMARTS) is 1. The maximum absolute atomic E-state index is 13.0. The van der Waals surface area contributed by atoms with Crippen molar-refractivity contribution < 1.29 is 23.2 Å². The summed E-state index contributed by atoms with van der Waals surface area (Å²) >= 11 is 0. The number of hydrogen-bond acceptors (Lipinski definition) is 2. The highest BCUT2D eigenvalue weighted by Gasteiger charge is 2.32. The van der Waals surface area contributed by atoms with Crippen LogP contribution in [0.4, 0.5) is 8.78 Å². The molecule has 0 unspecified atom stereocenters. The molecule has 0 aliphatic carbocycles. The summed E-state index contributed by atoms with van der Waals surface area (Å²) in [6.45, 7) is 1.56. The predicted octanol–water partition coefficient (Wildman–Crippen LogP) is 3.52. The molecule has 0 bridgehead atoms. The summed E-state index contributed by atoms with van der Waals surface area (Å²) in [5, 5.41) is 8.53. The number of hydrogen-bond donors (Lipinski definition) is 1. The Balaban J connectivity index is 3.04. The van der Waals surface area contributed by atoms with Crippen molar-refractivity contribution in [2.75, 3.05) is 0 Å². The van der Waals surface area contributed by atoms with Crippen molar-refractivity contribution in [1.82, 2.24) is 0 Å². The van der Waals surface area contributed by atoms with Crippen LogP contribution in [0, 0.1) is 0 Å². The van der Waals surface area contributed by atoms with Crippen LogP contribution in [0.5, 0.6) is 0 Å². The molecular formula is C11H9F2O3P. The molecule has 6 heteroatoms. The third-order valence-electron chi connectivity index (χ3n) is 2.14. The summed E-state index contributed by atoms with van der Waals surface area (Å²) in [4.78, 5) is 10.4. The van der Waals surface area contributed by atoms with Gasteiger partial charge in [0.1, 0.15) is 0 Å². The van der Waals surface area contributed by atoms with E-state index in [0.29, 0.717) is 11.1 Å². The molecule has 0 aliphatic heterocycles. The van der Waals surface area contributed by atoms with Crippen molar-refractivity contribution in [2.45, 2.75) is 12.6 Å². The van der Waals surface area contributed by atoms with Gasteiger partial charge in [-0.2, -0.15) is 8.78 Å². The lowest BCUT2D eigenvalue weighted by Gasteiger charge is -2.08. The fraction of sp³-hybridized carbons (Fsp3) is 0.182. The highest BCUT2D eigenvalue weighted by atomic mass is 31.1. The fourth-order valence-corrected chi connectivity index (χ4v) is 1.51. The van der Waals surface area contributed by atoms with Gasteiger partial charge in [0, 0.05) is 11.6 Å². The van der Waals surface area contributed by atoms with Crippen molar-refractivity contribution in [2.24, 2.45) is 0 Å². The quantitative estimate of drug-likeness (QED) is 0.664. The van der Waals surface area contributed by atoms with Crippen LogP contribution in [0.1, 0.15) is 18.1 Å². The van der Waals surface area contributed by atoms with Gasteiger partial charge in [0.2, 0.25) is 8.46 Å². The summed E-state index contributed by atoms with van der Waals surface area (Å²) in [7, 11) is -1.26. The van der Waals surface area contributed by atoms with E-state index in [0.717, 1.165) is 18.2 Å². The molecule has 0 saturated heterocycles. The minimum atomic E-state index is -3.41. The van der Waals surface area contributed by atoms with E-state index in [-0.39, 0.29) is 5.56 Å². The normalized spacial score (nSPS) is 12.8. The molecule has 0 fully saturated rings. The maximum atomic E-state index is 13.0. The molecular weight excluding hydrogens is 249 g/mol. The molecule has 0 amide bonds. The van der Waals surface area contributed by atoms with Gasteiger partial charge >= 0.3 is 11.6 Å². The first-order valence-electron chi connectivity index (χ1n) is 4.61. The van der Waals surface area contributed by atoms with Crippen molar-refractivity contribution >= 4 is 20.0 Å². The number of aliphatic carboxylic acids is 1. The van der Waals surface area contributed by atoms with Gasteiger partial charge in [-0.05, 0) is 18.1 Å². The Bertz CT molecular complexity index is 466. The number of alkyl halides is 2. The Kier molecular flexibility index (Phi) is 4.07. The van der Waals surface area contributed by atoms with E-state index in [4.69, 9.17) is 5.11 Å².